The van der Waals surface area contributed by atoms with Gasteiger partial charge >= 0.3 is 106 Å². The Bertz CT molecular complexity index is 49.4. The first-order valence-electron chi connectivity index (χ1n) is 1.000. The third-order valence-electron chi connectivity index (χ3n) is 0.163. The third kappa shape index (κ3) is 6.54. The van der Waals surface area contributed by atoms with Crippen molar-refractivity contribution in [3.8, 4) is 0 Å². The van der Waals surface area contributed by atoms with Crippen LogP contribution >= 0.6 is 103 Å². The van der Waals surface area contributed by atoms with Crippen LogP contribution in [0.5, 0.6) is 0 Å². The van der Waals surface area contributed by atoms with E-state index in [4.69, 9.17) is 0 Å². The van der Waals surface area contributed by atoms with Crippen molar-refractivity contribution >= 4 is 103 Å². The van der Waals surface area contributed by atoms with E-state index in [0.717, 1.165) is 0 Å². The molecule has 0 aromatic rings. The maximum absolute atomic E-state index is 12.6. The van der Waals surface area contributed by atoms with Crippen LogP contribution in [0.4, 0.5) is 2.86 Å². The van der Waals surface area contributed by atoms with Crippen LogP contribution < -0.4 is 0 Å². The number of hydrogen-bond donors (Lipinski definition) is 0. The summed E-state index contributed by atoms with van der Waals surface area (Å²) in [5.74, 6) is 0. The molecule has 0 saturated heterocycles. The van der Waals surface area contributed by atoms with Crippen LogP contribution in [0.15, 0.2) is 0 Å². The van der Waals surface area contributed by atoms with Gasteiger partial charge in [-0.3, -0.25) is 0 Å². The molecule has 0 aromatic carbocycles. The van der Waals surface area contributed by atoms with Gasteiger partial charge in [0, 0.05) is 0 Å². The third-order valence-corrected chi connectivity index (χ3v) is 260. The molecule has 0 nitrogen and oxygen atoms in total. The fourth-order valence-electron chi connectivity index (χ4n) is 0.0309. The molecule has 0 amide bonds. The second-order valence-corrected chi connectivity index (χ2v) is 119. The number of rotatable bonds is 2. The summed E-state index contributed by atoms with van der Waals surface area (Å²) >= 11 is 7.65. The first kappa shape index (κ1) is 13.0. The van der Waals surface area contributed by atoms with Crippen molar-refractivity contribution in [1.29, 1.82) is 0 Å². The van der Waals surface area contributed by atoms with E-state index in [1.54, 1.807) is 0 Å². The summed E-state index contributed by atoms with van der Waals surface area (Å²) < 4.78 is 12.6. The summed E-state index contributed by atoms with van der Waals surface area (Å²) in [7, 11) is -1.63. The first-order chi connectivity index (χ1) is 3.55. The van der Waals surface area contributed by atoms with E-state index in [1.165, 1.54) is 0 Å². The topological polar surface area (TPSA) is 0 Å². The molecule has 0 spiro atoms. The molecule has 0 saturated carbocycles. The van der Waals surface area contributed by atoms with Gasteiger partial charge in [0.05, 0.1) is 0 Å². The van der Waals surface area contributed by atoms with Crippen LogP contribution in [-0.4, -0.2) is 0 Å². The molecule has 0 bridgehead atoms. The molecule has 56 valence electrons. The van der Waals surface area contributed by atoms with E-state index in [0.29, 0.717) is 0 Å². The molecular weight excluding hydrogens is 907 g/mol. The molecule has 0 radical (unpaired) electrons. The molecule has 0 N–H and O–H groups in total. The Kier molecular flexibility index (Phi) is 12.1. The monoisotopic (exact) mass is 907 g/mol. The van der Waals surface area contributed by atoms with Crippen molar-refractivity contribution in [2.24, 2.45) is 0 Å². The van der Waals surface area contributed by atoms with Gasteiger partial charge in [-0.15, -0.1) is 0 Å². The van der Waals surface area contributed by atoms with Gasteiger partial charge in [0.25, 0.3) is 0 Å². The van der Waals surface area contributed by atoms with Crippen molar-refractivity contribution < 1.29 is 2.86 Å². The minimum atomic E-state index is -1.80. The Morgan fingerprint density at radius 1 is 1.00 bits per heavy atom. The van der Waals surface area contributed by atoms with Gasteiger partial charge in [-0.2, -0.15) is 0 Å². The fraction of sp³-hybridized carbons (Fsp3) is 0. The standard InChI is InChI=1S/FI7/c1-6(2)8(5)7(3)4. The fourth-order valence-corrected chi connectivity index (χ4v) is 241. The molecular formula is FI7. The van der Waals surface area contributed by atoms with Crippen LogP contribution in [0.25, 0.3) is 0 Å². The molecule has 0 heterocycles. The zero-order chi connectivity index (χ0) is 6.73. The summed E-state index contributed by atoms with van der Waals surface area (Å²) in [6, 6.07) is 0. The number of halogens is 8. The molecule has 0 fully saturated rings. The molecule has 0 rings (SSSR count). The van der Waals surface area contributed by atoms with E-state index in [9.17, 15) is 2.86 Å². The first-order valence-corrected chi connectivity index (χ1v) is 39.5. The van der Waals surface area contributed by atoms with Crippen LogP contribution in [0.3, 0.4) is 0 Å². The van der Waals surface area contributed by atoms with Crippen LogP contribution in [-0.2, 0) is 0 Å². The molecule has 0 aromatic heterocycles. The van der Waals surface area contributed by atoms with Gasteiger partial charge in [0.1, 0.15) is 0 Å². The van der Waals surface area contributed by atoms with Crippen molar-refractivity contribution in [2.75, 3.05) is 0 Å². The van der Waals surface area contributed by atoms with Crippen LogP contribution in [0.1, 0.15) is 0 Å². The minimum absolute atomic E-state index is 0.701. The Morgan fingerprint density at radius 2 is 1.38 bits per heavy atom. The average Bonchev–Trinajstić information content (AvgIpc) is 1.64. The van der Waals surface area contributed by atoms with Crippen LogP contribution in [0.2, 0.25) is 0 Å². The van der Waals surface area contributed by atoms with Gasteiger partial charge < -0.3 is 0 Å². The molecule has 8 heavy (non-hydrogen) atoms. The number of hydrogen-bond acceptors (Lipinski definition) is 0. The summed E-state index contributed by atoms with van der Waals surface area (Å²) in [4.78, 5) is 0. The van der Waals surface area contributed by atoms with Gasteiger partial charge in [-0.25, -0.2) is 0 Å². The predicted octanol–water partition coefficient (Wildman–Crippen LogP) is 6.62. The van der Waals surface area contributed by atoms with Crippen molar-refractivity contribution in [3.63, 3.8) is 0 Å². The molecule has 0 aliphatic rings. The second kappa shape index (κ2) is 7.44. The summed E-state index contributed by atoms with van der Waals surface area (Å²) in [5, 5.41) is 0. The molecule has 0 aliphatic heterocycles. The second-order valence-electron chi connectivity index (χ2n) is 0.486. The molecule has 0 unspecified atom stereocenters. The Morgan fingerprint density at radius 3 is 1.38 bits per heavy atom. The van der Waals surface area contributed by atoms with Gasteiger partial charge in [-0.05, 0) is 0 Å². The molecule has 0 aliphatic carbocycles. The predicted molar refractivity (Wildman–Crippen MR) is 99.2 cm³/mol. The van der Waals surface area contributed by atoms with Gasteiger partial charge in [-0.1, -0.05) is 0 Å². The van der Waals surface area contributed by atoms with E-state index in [1.807, 2.05) is 0 Å². The summed E-state index contributed by atoms with van der Waals surface area (Å²) in [6.45, 7) is 0. The van der Waals surface area contributed by atoms with Crippen molar-refractivity contribution in [2.45, 2.75) is 0 Å². The summed E-state index contributed by atoms with van der Waals surface area (Å²) in [5.41, 5.74) is 0. The van der Waals surface area contributed by atoms with Crippen molar-refractivity contribution in [1.82, 2.24) is 0 Å². The zero-order valence-corrected chi connectivity index (χ0v) is 18.1. The van der Waals surface area contributed by atoms with Gasteiger partial charge in [0.2, 0.25) is 0 Å². The van der Waals surface area contributed by atoms with E-state index >= 15 is 0 Å². The van der Waals surface area contributed by atoms with E-state index < -0.39 is 28.2 Å². The summed E-state index contributed by atoms with van der Waals surface area (Å²) in [6.07, 6.45) is 0. The zero-order valence-electron chi connectivity index (χ0n) is 3.02. The quantitative estimate of drug-likeness (QED) is 0.274. The van der Waals surface area contributed by atoms with E-state index in [2.05, 4.69) is 74.5 Å². The Hall–Kier alpha value is 5.04. The average molecular weight is 907 g/mol. The van der Waals surface area contributed by atoms with Crippen LogP contribution in [0, 0.1) is 0 Å². The molecule has 8 heteroatoms. The van der Waals surface area contributed by atoms with E-state index in [-0.39, 0.29) is 0 Å². The van der Waals surface area contributed by atoms with Gasteiger partial charge in [0.15, 0.2) is 0 Å². The maximum atomic E-state index is 12.6. The van der Waals surface area contributed by atoms with Crippen molar-refractivity contribution in [3.05, 3.63) is 0 Å². The molecule has 0 atom stereocenters. The Labute approximate surface area is 101 Å². The normalized spacial score (nSPS) is 15.4. The Balaban J connectivity index is 3.46. The SMILES string of the molecule is FI(I)I(I)I(I)I.